The van der Waals surface area contributed by atoms with Gasteiger partial charge in [-0.3, -0.25) is 14.2 Å². The lowest BCUT2D eigenvalue weighted by molar-refractivity contribution is -0.138. The minimum Gasteiger partial charge on any atom is -0.480 e. The summed E-state index contributed by atoms with van der Waals surface area (Å²) in [5.41, 5.74) is 1.90. The molecule has 2 rings (SSSR count). The molecule has 1 aromatic heterocycles. The Kier molecular flexibility index (Phi) is 8.89. The van der Waals surface area contributed by atoms with E-state index >= 15 is 0 Å². The molecule has 0 aliphatic rings. The van der Waals surface area contributed by atoms with Gasteiger partial charge in [-0.2, -0.15) is 0 Å². The number of rotatable bonds is 12. The Morgan fingerprint density at radius 3 is 2.44 bits per heavy atom. The zero-order valence-electron chi connectivity index (χ0n) is 19.4. The monoisotopic (exact) mass is 459 g/mol. The van der Waals surface area contributed by atoms with Crippen LogP contribution in [0.4, 0.5) is 11.4 Å². The lowest BCUT2D eigenvalue weighted by Gasteiger charge is -2.19. The SMILES string of the molecule is CCCC(=N)c1nc(CC)n(CCNc2ccc(SC(C)(C)C(=O)O)cc2)c(=O)c1NC. The fraction of sp³-hybridized carbons (Fsp3) is 0.478. The molecule has 32 heavy (non-hydrogen) atoms. The molecular weight excluding hydrogens is 426 g/mol. The molecule has 1 heterocycles. The van der Waals surface area contributed by atoms with E-state index < -0.39 is 10.7 Å². The fourth-order valence-corrected chi connectivity index (χ4v) is 4.15. The maximum Gasteiger partial charge on any atom is 0.319 e. The first-order valence-corrected chi connectivity index (χ1v) is 11.6. The van der Waals surface area contributed by atoms with Crippen molar-refractivity contribution in [3.05, 3.63) is 46.1 Å². The first-order valence-electron chi connectivity index (χ1n) is 10.8. The van der Waals surface area contributed by atoms with Crippen molar-refractivity contribution in [2.75, 3.05) is 24.2 Å². The van der Waals surface area contributed by atoms with Crippen molar-refractivity contribution in [2.24, 2.45) is 0 Å². The van der Waals surface area contributed by atoms with Crippen LogP contribution in [-0.4, -0.2) is 44.7 Å². The molecule has 1 aromatic carbocycles. The Bertz CT molecular complexity index is 1020. The molecule has 2 aromatic rings. The van der Waals surface area contributed by atoms with Crippen molar-refractivity contribution in [1.29, 1.82) is 5.41 Å². The maximum absolute atomic E-state index is 13.1. The van der Waals surface area contributed by atoms with Crippen molar-refractivity contribution in [2.45, 2.75) is 63.1 Å². The van der Waals surface area contributed by atoms with Crippen molar-refractivity contribution in [3.63, 3.8) is 0 Å². The number of nitrogens with one attached hydrogen (secondary N) is 3. The quantitative estimate of drug-likeness (QED) is 0.279. The lowest BCUT2D eigenvalue weighted by atomic mass is 10.1. The number of aliphatic carboxylic acids is 1. The highest BCUT2D eigenvalue weighted by Crippen LogP contribution is 2.33. The zero-order chi connectivity index (χ0) is 23.9. The summed E-state index contributed by atoms with van der Waals surface area (Å²) in [6.45, 7) is 8.27. The van der Waals surface area contributed by atoms with E-state index in [-0.39, 0.29) is 5.56 Å². The summed E-state index contributed by atoms with van der Waals surface area (Å²) >= 11 is 1.30. The molecule has 0 atom stereocenters. The van der Waals surface area contributed by atoms with E-state index in [0.717, 1.165) is 17.0 Å². The molecule has 0 amide bonds. The van der Waals surface area contributed by atoms with Gasteiger partial charge in [0.25, 0.3) is 5.56 Å². The van der Waals surface area contributed by atoms with Crippen LogP contribution in [0.3, 0.4) is 0 Å². The molecule has 0 aliphatic carbocycles. The van der Waals surface area contributed by atoms with Crippen LogP contribution in [-0.2, 0) is 17.8 Å². The van der Waals surface area contributed by atoms with E-state index in [1.165, 1.54) is 11.8 Å². The first kappa shape index (κ1) is 25.5. The Balaban J connectivity index is 2.13. The van der Waals surface area contributed by atoms with E-state index in [0.29, 0.717) is 48.8 Å². The predicted molar refractivity (Wildman–Crippen MR) is 132 cm³/mol. The number of benzene rings is 1. The van der Waals surface area contributed by atoms with Gasteiger partial charge in [-0.15, -0.1) is 11.8 Å². The third-order valence-electron chi connectivity index (χ3n) is 5.01. The summed E-state index contributed by atoms with van der Waals surface area (Å²) in [6.07, 6.45) is 1.99. The van der Waals surface area contributed by atoms with Crippen molar-refractivity contribution >= 4 is 34.8 Å². The van der Waals surface area contributed by atoms with Crippen LogP contribution in [0.5, 0.6) is 0 Å². The predicted octanol–water partition coefficient (Wildman–Crippen LogP) is 4.08. The second-order valence-electron chi connectivity index (χ2n) is 7.91. The molecule has 174 valence electrons. The van der Waals surface area contributed by atoms with E-state index in [1.807, 2.05) is 38.1 Å². The average Bonchev–Trinajstić information content (AvgIpc) is 2.75. The summed E-state index contributed by atoms with van der Waals surface area (Å²) in [5.74, 6) is -0.193. The Morgan fingerprint density at radius 2 is 1.91 bits per heavy atom. The second kappa shape index (κ2) is 11.2. The normalized spacial score (nSPS) is 11.3. The largest absolute Gasteiger partial charge is 0.480 e. The highest BCUT2D eigenvalue weighted by atomic mass is 32.2. The van der Waals surface area contributed by atoms with Gasteiger partial charge < -0.3 is 21.1 Å². The van der Waals surface area contributed by atoms with Gasteiger partial charge in [0.15, 0.2) is 0 Å². The van der Waals surface area contributed by atoms with Crippen molar-refractivity contribution < 1.29 is 9.90 Å². The number of carboxylic acids is 1. The number of carboxylic acid groups (broad SMARTS) is 1. The highest BCUT2D eigenvalue weighted by Gasteiger charge is 2.28. The smallest absolute Gasteiger partial charge is 0.319 e. The average molecular weight is 460 g/mol. The van der Waals surface area contributed by atoms with Crippen LogP contribution in [0.2, 0.25) is 0 Å². The van der Waals surface area contributed by atoms with Gasteiger partial charge in [0.1, 0.15) is 22.0 Å². The summed E-state index contributed by atoms with van der Waals surface area (Å²) in [4.78, 5) is 29.9. The number of hydrogen-bond acceptors (Lipinski definition) is 7. The summed E-state index contributed by atoms with van der Waals surface area (Å²) in [6, 6.07) is 7.57. The van der Waals surface area contributed by atoms with Gasteiger partial charge in [-0.1, -0.05) is 20.3 Å². The number of hydrogen-bond donors (Lipinski definition) is 4. The standard InChI is InChI=1S/C23H33N5O3S/c1-6-8-17(24)19-20(25-5)21(29)28(18(7-2)27-19)14-13-26-15-9-11-16(12-10-15)32-23(3,4)22(30)31/h9-12,24-26H,6-8,13-14H2,1-5H3,(H,30,31). The number of thioether (sulfide) groups is 1. The molecule has 0 aliphatic heterocycles. The minimum absolute atomic E-state index is 0.167. The third-order valence-corrected chi connectivity index (χ3v) is 6.20. The number of nitrogens with zero attached hydrogens (tertiary/aromatic N) is 2. The number of aryl methyl sites for hydroxylation is 1. The highest BCUT2D eigenvalue weighted by molar-refractivity contribution is 8.01. The molecule has 0 bridgehead atoms. The Hall–Kier alpha value is -2.81. The molecule has 9 heteroatoms. The van der Waals surface area contributed by atoms with Gasteiger partial charge in [0.05, 0.1) is 5.71 Å². The summed E-state index contributed by atoms with van der Waals surface area (Å²) in [7, 11) is 1.68. The van der Waals surface area contributed by atoms with Crippen LogP contribution >= 0.6 is 11.8 Å². The molecule has 0 fully saturated rings. The van der Waals surface area contributed by atoms with Crippen molar-refractivity contribution in [3.8, 4) is 0 Å². The molecule has 4 N–H and O–H groups in total. The number of carbonyl (C=O) groups is 1. The van der Waals surface area contributed by atoms with Crippen LogP contribution in [0, 0.1) is 5.41 Å². The molecule has 0 spiro atoms. The van der Waals surface area contributed by atoms with Crippen LogP contribution in [0.25, 0.3) is 0 Å². The molecule has 0 unspecified atom stereocenters. The molecular formula is C23H33N5O3S. The summed E-state index contributed by atoms with van der Waals surface area (Å²) in [5, 5.41) is 23.8. The van der Waals surface area contributed by atoms with Crippen LogP contribution in [0.15, 0.2) is 34.0 Å². The van der Waals surface area contributed by atoms with E-state index in [2.05, 4.69) is 15.6 Å². The van der Waals surface area contributed by atoms with E-state index in [1.54, 1.807) is 25.5 Å². The molecule has 0 radical (unpaired) electrons. The first-order chi connectivity index (χ1) is 15.1. The third kappa shape index (κ3) is 6.12. The van der Waals surface area contributed by atoms with Gasteiger partial charge in [0, 0.05) is 37.1 Å². The zero-order valence-corrected chi connectivity index (χ0v) is 20.2. The van der Waals surface area contributed by atoms with Crippen molar-refractivity contribution in [1.82, 2.24) is 9.55 Å². The Labute approximate surface area is 193 Å². The topological polar surface area (TPSA) is 120 Å². The summed E-state index contributed by atoms with van der Waals surface area (Å²) < 4.78 is 0.755. The van der Waals surface area contributed by atoms with E-state index in [4.69, 9.17) is 5.41 Å². The molecule has 0 saturated heterocycles. The fourth-order valence-electron chi connectivity index (χ4n) is 3.20. The van der Waals surface area contributed by atoms with Gasteiger partial charge in [-0.25, -0.2) is 4.98 Å². The number of aromatic nitrogens is 2. The Morgan fingerprint density at radius 1 is 1.25 bits per heavy atom. The van der Waals surface area contributed by atoms with E-state index in [9.17, 15) is 14.7 Å². The molecule has 0 saturated carbocycles. The van der Waals surface area contributed by atoms with Crippen LogP contribution < -0.4 is 16.2 Å². The van der Waals surface area contributed by atoms with Gasteiger partial charge in [-0.05, 0) is 44.5 Å². The number of anilines is 2. The van der Waals surface area contributed by atoms with Gasteiger partial charge >= 0.3 is 5.97 Å². The second-order valence-corrected chi connectivity index (χ2v) is 9.61. The van der Waals surface area contributed by atoms with Gasteiger partial charge in [0.2, 0.25) is 0 Å². The minimum atomic E-state index is -0.898. The lowest BCUT2D eigenvalue weighted by Crippen LogP contribution is -2.32. The van der Waals surface area contributed by atoms with Crippen LogP contribution in [0.1, 0.15) is 52.1 Å². The molecule has 8 nitrogen and oxygen atoms in total. The maximum atomic E-state index is 13.1.